The average Bonchev–Trinajstić information content (AvgIpc) is 3.01. The maximum absolute atomic E-state index is 14.1. The number of nitrogens with two attached hydrogens (primary N) is 1. The van der Waals surface area contributed by atoms with E-state index in [4.69, 9.17) is 17.3 Å². The lowest BCUT2D eigenvalue weighted by Crippen LogP contribution is -2.64. The van der Waals surface area contributed by atoms with Gasteiger partial charge in [-0.2, -0.15) is 0 Å². The zero-order valence-corrected chi connectivity index (χ0v) is 26.8. The van der Waals surface area contributed by atoms with Crippen LogP contribution in [0.3, 0.4) is 0 Å². The van der Waals surface area contributed by atoms with Gasteiger partial charge in [0.05, 0.1) is 11.6 Å². The first kappa shape index (κ1) is 32.2. The van der Waals surface area contributed by atoms with E-state index >= 15 is 0 Å². The van der Waals surface area contributed by atoms with Crippen LogP contribution in [0, 0.1) is 11.8 Å². The number of allylic oxidation sites excluding steroid dienone is 1. The molecule has 0 saturated heterocycles. The maximum Gasteiger partial charge on any atom is 0.255 e. The van der Waals surface area contributed by atoms with Gasteiger partial charge in [0, 0.05) is 36.1 Å². The summed E-state index contributed by atoms with van der Waals surface area (Å²) in [6.07, 6.45) is 2.43. The Balaban J connectivity index is 1.41. The van der Waals surface area contributed by atoms with Crippen LogP contribution >= 0.6 is 11.6 Å². The van der Waals surface area contributed by atoms with Gasteiger partial charge in [-0.15, -0.1) is 0 Å². The number of Topliss-reactive ketones (excluding diaryl/α,β-unsaturated/α-hetero) is 2. The molecule has 1 amide bonds. The third kappa shape index (κ3) is 4.94. The van der Waals surface area contributed by atoms with Crippen LogP contribution in [0.15, 0.2) is 53.0 Å². The van der Waals surface area contributed by atoms with Crippen molar-refractivity contribution < 1.29 is 34.8 Å². The van der Waals surface area contributed by atoms with E-state index < -0.39 is 58.0 Å². The largest absolute Gasteiger partial charge is 0.510 e. The molecular formula is C35H40ClN3O7. The topological polar surface area (TPSA) is 165 Å². The fourth-order valence-electron chi connectivity index (χ4n) is 8.19. The van der Waals surface area contributed by atoms with Gasteiger partial charge in [-0.25, -0.2) is 0 Å². The van der Waals surface area contributed by atoms with Gasteiger partial charge in [0.1, 0.15) is 22.8 Å². The minimum absolute atomic E-state index is 0.0295. The molecule has 0 saturated carbocycles. The van der Waals surface area contributed by atoms with E-state index in [0.29, 0.717) is 48.6 Å². The number of aromatic hydroxyl groups is 1. The SMILES string of the molecule is CCCN(CCC)[C@@H]1C(O)=C(C(N)=O)C(=O)[C@@]2(O)C(O)=C3C(=O)c4c(O)cc(CN5CCc6ccccc6C5)c(Cl)c4C[C@H]3C[C@@H]12. The van der Waals surface area contributed by atoms with Crippen molar-refractivity contribution in [1.29, 1.82) is 0 Å². The second kappa shape index (κ2) is 12.2. The van der Waals surface area contributed by atoms with E-state index in [1.54, 1.807) is 0 Å². The van der Waals surface area contributed by atoms with Crippen molar-refractivity contribution >= 4 is 29.1 Å². The molecular weight excluding hydrogens is 610 g/mol. The number of amides is 1. The third-order valence-electron chi connectivity index (χ3n) is 10.2. The number of benzene rings is 2. The fraction of sp³-hybridized carbons (Fsp3) is 0.457. The van der Waals surface area contributed by atoms with Gasteiger partial charge < -0.3 is 26.2 Å². The summed E-state index contributed by atoms with van der Waals surface area (Å²) in [6.45, 7) is 6.82. The summed E-state index contributed by atoms with van der Waals surface area (Å²) in [7, 11) is 0. The number of carbonyl (C=O) groups excluding carboxylic acids is 3. The van der Waals surface area contributed by atoms with Gasteiger partial charge in [0.25, 0.3) is 5.91 Å². The summed E-state index contributed by atoms with van der Waals surface area (Å²) >= 11 is 7.00. The Morgan fingerprint density at radius 3 is 2.43 bits per heavy atom. The number of rotatable bonds is 8. The first-order valence-corrected chi connectivity index (χ1v) is 16.4. The number of ketones is 2. The smallest absolute Gasteiger partial charge is 0.255 e. The molecule has 2 aromatic carbocycles. The Bertz CT molecular complexity index is 1690. The molecule has 2 aromatic rings. The number of nitrogens with zero attached hydrogens (tertiary/aromatic N) is 2. The standard InChI is InChI=1S/C35H40ClN3O7/c1-3-10-39(11-4-2)29-23-14-20-13-22-26(30(41)25(20)32(43)35(23,46)33(44)27(31(29)42)34(37)45)24(40)15-21(28(22)36)17-38-12-9-18-7-5-6-8-19(18)16-38/h5-8,15,20,23,29,40,42-43,46H,3-4,9-14,16-17H2,1-2H3,(H2,37,45)/t20-,23-,29-,35-/m0/s1. The van der Waals surface area contributed by atoms with Crippen LogP contribution in [0.1, 0.15) is 65.7 Å². The molecule has 4 atom stereocenters. The Hall–Kier alpha value is -3.70. The van der Waals surface area contributed by atoms with Crippen LogP contribution in [0.2, 0.25) is 5.02 Å². The van der Waals surface area contributed by atoms with E-state index in [0.717, 1.165) is 19.5 Å². The Kier molecular flexibility index (Phi) is 8.52. The molecule has 1 heterocycles. The van der Waals surface area contributed by atoms with Crippen molar-refractivity contribution in [3.63, 3.8) is 0 Å². The van der Waals surface area contributed by atoms with Crippen molar-refractivity contribution in [2.24, 2.45) is 17.6 Å². The Morgan fingerprint density at radius 1 is 1.11 bits per heavy atom. The van der Waals surface area contributed by atoms with Crippen LogP contribution in [0.25, 0.3) is 0 Å². The molecule has 0 bridgehead atoms. The fourth-order valence-corrected chi connectivity index (χ4v) is 8.47. The number of aliphatic hydroxyl groups is 3. The van der Waals surface area contributed by atoms with Crippen molar-refractivity contribution in [2.45, 2.75) is 70.7 Å². The average molecular weight is 650 g/mol. The lowest BCUT2D eigenvalue weighted by molar-refractivity contribution is -0.149. The lowest BCUT2D eigenvalue weighted by atomic mass is 9.58. The molecule has 4 aliphatic rings. The van der Waals surface area contributed by atoms with Gasteiger partial charge in [-0.05, 0) is 79.4 Å². The number of phenols is 1. The molecule has 3 aliphatic carbocycles. The van der Waals surface area contributed by atoms with Crippen LogP contribution in [0.4, 0.5) is 0 Å². The third-order valence-corrected chi connectivity index (χ3v) is 10.7. The van der Waals surface area contributed by atoms with E-state index in [-0.39, 0.29) is 29.7 Å². The normalized spacial score (nSPS) is 26.2. The second-order valence-electron chi connectivity index (χ2n) is 13.0. The van der Waals surface area contributed by atoms with E-state index in [9.17, 15) is 34.8 Å². The first-order chi connectivity index (χ1) is 21.9. The summed E-state index contributed by atoms with van der Waals surface area (Å²) in [4.78, 5) is 44.3. The highest BCUT2D eigenvalue weighted by atomic mass is 35.5. The molecule has 0 aromatic heterocycles. The molecule has 244 valence electrons. The number of hydrogen-bond donors (Lipinski definition) is 5. The zero-order chi connectivity index (χ0) is 33.1. The molecule has 6 N–H and O–H groups in total. The van der Waals surface area contributed by atoms with E-state index in [2.05, 4.69) is 17.0 Å². The Labute approximate surface area is 272 Å². The quantitative estimate of drug-likeness (QED) is 0.267. The predicted octanol–water partition coefficient (Wildman–Crippen LogP) is 3.89. The minimum atomic E-state index is -2.68. The maximum atomic E-state index is 14.1. The number of hydrogen-bond acceptors (Lipinski definition) is 9. The molecule has 0 unspecified atom stereocenters. The molecule has 11 heteroatoms. The van der Waals surface area contributed by atoms with Gasteiger partial charge in [0.15, 0.2) is 11.4 Å². The molecule has 0 fully saturated rings. The van der Waals surface area contributed by atoms with Crippen molar-refractivity contribution in [3.8, 4) is 5.75 Å². The van der Waals surface area contributed by atoms with Gasteiger partial charge in [-0.3, -0.25) is 24.2 Å². The summed E-state index contributed by atoms with van der Waals surface area (Å²) in [6, 6.07) is 8.72. The number of primary amides is 1. The Morgan fingerprint density at radius 2 is 1.78 bits per heavy atom. The predicted molar refractivity (Wildman–Crippen MR) is 171 cm³/mol. The summed E-state index contributed by atoms with van der Waals surface area (Å²) in [5.41, 5.74) is 5.44. The number of aliphatic hydroxyl groups excluding tert-OH is 2. The lowest BCUT2D eigenvalue weighted by Gasteiger charge is -2.51. The minimum Gasteiger partial charge on any atom is -0.510 e. The highest BCUT2D eigenvalue weighted by Crippen LogP contribution is 2.53. The van der Waals surface area contributed by atoms with Gasteiger partial charge >= 0.3 is 0 Å². The molecule has 0 radical (unpaired) electrons. The van der Waals surface area contributed by atoms with Gasteiger partial charge in [-0.1, -0.05) is 49.7 Å². The number of fused-ring (bicyclic) bond motifs is 4. The molecule has 10 nitrogen and oxygen atoms in total. The molecule has 0 spiro atoms. The molecule has 1 aliphatic heterocycles. The highest BCUT2D eigenvalue weighted by molar-refractivity contribution is 6.33. The van der Waals surface area contributed by atoms with Crippen LogP contribution in [-0.2, 0) is 35.5 Å². The summed E-state index contributed by atoms with van der Waals surface area (Å²) in [5.74, 6) is -6.69. The number of halogens is 1. The van der Waals surface area contributed by atoms with E-state index in [1.165, 1.54) is 17.2 Å². The van der Waals surface area contributed by atoms with E-state index in [1.807, 2.05) is 30.9 Å². The summed E-state index contributed by atoms with van der Waals surface area (Å²) < 4.78 is 0. The van der Waals surface area contributed by atoms with Crippen molar-refractivity contribution in [1.82, 2.24) is 9.80 Å². The second-order valence-corrected chi connectivity index (χ2v) is 13.4. The van der Waals surface area contributed by atoms with Crippen LogP contribution in [-0.4, -0.2) is 79.0 Å². The summed E-state index contributed by atoms with van der Waals surface area (Å²) in [5, 5.41) is 46.6. The molecule has 46 heavy (non-hydrogen) atoms. The first-order valence-electron chi connectivity index (χ1n) is 16.0. The number of carbonyl (C=O) groups is 3. The highest BCUT2D eigenvalue weighted by Gasteiger charge is 2.63. The zero-order valence-electron chi connectivity index (χ0n) is 26.1. The van der Waals surface area contributed by atoms with Gasteiger partial charge in [0.2, 0.25) is 5.78 Å². The molecule has 6 rings (SSSR count). The monoisotopic (exact) mass is 649 g/mol. The van der Waals surface area contributed by atoms with Crippen molar-refractivity contribution in [2.75, 3.05) is 19.6 Å². The van der Waals surface area contributed by atoms with Crippen LogP contribution < -0.4 is 5.73 Å². The number of phenolic OH excluding ortho intramolecular Hbond substituents is 1. The van der Waals surface area contributed by atoms with Crippen LogP contribution in [0.5, 0.6) is 5.75 Å². The van der Waals surface area contributed by atoms with Crippen molar-refractivity contribution in [3.05, 3.63) is 85.8 Å².